The average Bonchev–Trinajstić information content (AvgIpc) is 3.14. The summed E-state index contributed by atoms with van der Waals surface area (Å²) in [4.78, 5) is 30.3. The van der Waals surface area contributed by atoms with Crippen LogP contribution in [0, 0.1) is 0 Å². The van der Waals surface area contributed by atoms with Gasteiger partial charge in [-0.15, -0.1) is 0 Å². The van der Waals surface area contributed by atoms with Gasteiger partial charge in [0.2, 0.25) is 0 Å². The highest BCUT2D eigenvalue weighted by molar-refractivity contribution is 7.16. The number of methoxy groups -OCH3 is 1. The Kier molecular flexibility index (Phi) is 6.86. The van der Waals surface area contributed by atoms with Crippen LogP contribution in [0.3, 0.4) is 0 Å². The highest BCUT2D eigenvalue weighted by Gasteiger charge is 2.14. The van der Waals surface area contributed by atoms with Crippen LogP contribution in [0.5, 0.6) is 0 Å². The number of hydrogen-bond donors (Lipinski definition) is 0. The molecule has 0 aliphatic heterocycles. The van der Waals surface area contributed by atoms with Gasteiger partial charge < -0.3 is 9.30 Å². The SMILES string of the molecule is COCCn1c(=NC(=O)c2ccc(C(=O)c3ccccc3)cc2)sc2cc(Cl)cc(Cl)c21. The minimum absolute atomic E-state index is 0.102. The van der Waals surface area contributed by atoms with Crippen molar-refractivity contribution in [3.8, 4) is 0 Å². The summed E-state index contributed by atoms with van der Waals surface area (Å²) in [6, 6.07) is 19.0. The topological polar surface area (TPSA) is 60.7 Å². The van der Waals surface area contributed by atoms with Crippen LogP contribution in [0.15, 0.2) is 71.7 Å². The summed E-state index contributed by atoms with van der Waals surface area (Å²) in [6.07, 6.45) is 0. The second kappa shape index (κ2) is 9.79. The number of carbonyl (C=O) groups excluding carboxylic acids is 2. The number of nitrogens with zero attached hydrogens (tertiary/aromatic N) is 2. The molecule has 0 saturated heterocycles. The molecule has 0 atom stereocenters. The number of benzene rings is 3. The number of fused-ring (bicyclic) bond motifs is 1. The molecule has 4 rings (SSSR count). The molecule has 0 fully saturated rings. The molecule has 1 heterocycles. The van der Waals surface area contributed by atoms with E-state index in [2.05, 4.69) is 4.99 Å². The van der Waals surface area contributed by atoms with E-state index in [1.54, 1.807) is 55.6 Å². The Hall–Kier alpha value is -2.77. The molecule has 0 unspecified atom stereocenters. The van der Waals surface area contributed by atoms with Gasteiger partial charge in [-0.3, -0.25) is 9.59 Å². The van der Waals surface area contributed by atoms with E-state index in [1.165, 1.54) is 11.3 Å². The van der Waals surface area contributed by atoms with E-state index in [4.69, 9.17) is 27.9 Å². The smallest absolute Gasteiger partial charge is 0.279 e. The number of carbonyl (C=O) groups is 2. The van der Waals surface area contributed by atoms with Crippen molar-refractivity contribution in [3.63, 3.8) is 0 Å². The van der Waals surface area contributed by atoms with E-state index < -0.39 is 5.91 Å². The minimum atomic E-state index is -0.413. The third-order valence-electron chi connectivity index (χ3n) is 4.84. The Labute approximate surface area is 198 Å². The molecule has 0 saturated carbocycles. The summed E-state index contributed by atoms with van der Waals surface area (Å²) in [6.45, 7) is 0.914. The number of rotatable bonds is 6. The molecule has 5 nitrogen and oxygen atoms in total. The Morgan fingerprint density at radius 2 is 1.62 bits per heavy atom. The average molecular weight is 485 g/mol. The van der Waals surface area contributed by atoms with E-state index in [-0.39, 0.29) is 5.78 Å². The Bertz CT molecular complexity index is 1360. The van der Waals surface area contributed by atoms with Crippen molar-refractivity contribution in [1.82, 2.24) is 4.57 Å². The van der Waals surface area contributed by atoms with E-state index >= 15 is 0 Å². The molecule has 32 heavy (non-hydrogen) atoms. The van der Waals surface area contributed by atoms with Gasteiger partial charge in [0.1, 0.15) is 0 Å². The van der Waals surface area contributed by atoms with Gasteiger partial charge in [-0.2, -0.15) is 4.99 Å². The third-order valence-corrected chi connectivity index (χ3v) is 6.37. The zero-order valence-electron chi connectivity index (χ0n) is 17.0. The lowest BCUT2D eigenvalue weighted by atomic mass is 10.0. The number of aromatic nitrogens is 1. The standard InChI is InChI=1S/C24H18Cl2N2O3S/c1-31-12-11-28-21-19(26)13-18(25)14-20(21)32-24(28)27-23(30)17-9-7-16(8-10-17)22(29)15-5-3-2-4-6-15/h2-10,13-14H,11-12H2,1H3. The Morgan fingerprint density at radius 1 is 0.969 bits per heavy atom. The highest BCUT2D eigenvalue weighted by Crippen LogP contribution is 2.29. The molecule has 1 amide bonds. The molecule has 8 heteroatoms. The van der Waals surface area contributed by atoms with Crippen LogP contribution in [-0.4, -0.2) is 30.0 Å². The number of thiazole rings is 1. The zero-order valence-corrected chi connectivity index (χ0v) is 19.4. The molecule has 0 bridgehead atoms. The second-order valence-corrected chi connectivity index (χ2v) is 8.81. The van der Waals surface area contributed by atoms with Crippen LogP contribution in [0.25, 0.3) is 10.2 Å². The molecule has 0 radical (unpaired) electrons. The lowest BCUT2D eigenvalue weighted by molar-refractivity contribution is 0.0994. The summed E-state index contributed by atoms with van der Waals surface area (Å²) < 4.78 is 7.88. The lowest BCUT2D eigenvalue weighted by Gasteiger charge is -2.06. The van der Waals surface area contributed by atoms with Crippen molar-refractivity contribution in [2.45, 2.75) is 6.54 Å². The predicted molar refractivity (Wildman–Crippen MR) is 128 cm³/mol. The van der Waals surface area contributed by atoms with Crippen LogP contribution in [-0.2, 0) is 11.3 Å². The first-order valence-corrected chi connectivity index (χ1v) is 11.3. The molecule has 162 valence electrons. The lowest BCUT2D eigenvalue weighted by Crippen LogP contribution is -2.19. The van der Waals surface area contributed by atoms with Crippen molar-refractivity contribution < 1.29 is 14.3 Å². The number of ether oxygens (including phenoxy) is 1. The summed E-state index contributed by atoms with van der Waals surface area (Å²) >= 11 is 13.9. The molecule has 1 aromatic heterocycles. The van der Waals surface area contributed by atoms with Crippen LogP contribution in [0.2, 0.25) is 10.0 Å². The van der Waals surface area contributed by atoms with E-state index in [0.29, 0.717) is 44.7 Å². The summed E-state index contributed by atoms with van der Waals surface area (Å²) in [5.74, 6) is -0.515. The Balaban J connectivity index is 1.69. The molecular formula is C24H18Cl2N2O3S. The monoisotopic (exact) mass is 484 g/mol. The summed E-state index contributed by atoms with van der Waals surface area (Å²) in [7, 11) is 1.61. The van der Waals surface area contributed by atoms with Crippen molar-refractivity contribution >= 4 is 56.4 Å². The van der Waals surface area contributed by atoms with Crippen molar-refractivity contribution in [2.24, 2.45) is 4.99 Å². The highest BCUT2D eigenvalue weighted by atomic mass is 35.5. The fourth-order valence-electron chi connectivity index (χ4n) is 3.28. The normalized spacial score (nSPS) is 11.8. The van der Waals surface area contributed by atoms with Crippen molar-refractivity contribution in [2.75, 3.05) is 13.7 Å². The van der Waals surface area contributed by atoms with Crippen LogP contribution in [0.4, 0.5) is 0 Å². The molecule has 0 spiro atoms. The molecule has 3 aromatic carbocycles. The van der Waals surface area contributed by atoms with Crippen molar-refractivity contribution in [1.29, 1.82) is 0 Å². The van der Waals surface area contributed by atoms with Gasteiger partial charge in [0.25, 0.3) is 5.91 Å². The van der Waals surface area contributed by atoms with Gasteiger partial charge in [0.15, 0.2) is 10.6 Å². The maximum atomic E-state index is 12.9. The maximum absolute atomic E-state index is 12.9. The van der Waals surface area contributed by atoms with E-state index in [1.807, 2.05) is 22.8 Å². The van der Waals surface area contributed by atoms with Crippen molar-refractivity contribution in [3.05, 3.63) is 98.3 Å². The zero-order chi connectivity index (χ0) is 22.7. The number of hydrogen-bond acceptors (Lipinski definition) is 4. The number of ketones is 1. The van der Waals surface area contributed by atoms with Gasteiger partial charge in [0, 0.05) is 35.4 Å². The van der Waals surface area contributed by atoms with Crippen LogP contribution in [0.1, 0.15) is 26.3 Å². The fourth-order valence-corrected chi connectivity index (χ4v) is 5.11. The molecule has 0 N–H and O–H groups in total. The minimum Gasteiger partial charge on any atom is -0.383 e. The molecular weight excluding hydrogens is 467 g/mol. The number of amides is 1. The van der Waals surface area contributed by atoms with Gasteiger partial charge in [0.05, 0.1) is 21.8 Å². The maximum Gasteiger partial charge on any atom is 0.279 e. The molecule has 0 aliphatic rings. The van der Waals surface area contributed by atoms with Gasteiger partial charge in [-0.05, 0) is 24.3 Å². The first-order valence-electron chi connectivity index (χ1n) is 9.74. The fraction of sp³-hybridized carbons (Fsp3) is 0.125. The van der Waals surface area contributed by atoms with Gasteiger partial charge >= 0.3 is 0 Å². The van der Waals surface area contributed by atoms with Gasteiger partial charge in [-0.25, -0.2) is 0 Å². The first kappa shape index (κ1) is 22.4. The predicted octanol–water partition coefficient (Wildman–Crippen LogP) is 5.63. The van der Waals surface area contributed by atoms with E-state index in [0.717, 1.165) is 10.2 Å². The molecule has 4 aromatic rings. The second-order valence-electron chi connectivity index (χ2n) is 6.95. The number of halogens is 2. The van der Waals surface area contributed by atoms with Crippen LogP contribution >= 0.6 is 34.5 Å². The van der Waals surface area contributed by atoms with Crippen LogP contribution < -0.4 is 4.80 Å². The third kappa shape index (κ3) is 4.69. The quantitative estimate of drug-likeness (QED) is 0.333. The Morgan fingerprint density at radius 3 is 2.31 bits per heavy atom. The largest absolute Gasteiger partial charge is 0.383 e. The summed E-state index contributed by atoms with van der Waals surface area (Å²) in [5.41, 5.74) is 2.24. The first-order chi connectivity index (χ1) is 15.5. The molecule has 0 aliphatic carbocycles. The summed E-state index contributed by atoms with van der Waals surface area (Å²) in [5, 5.41) is 0.997. The van der Waals surface area contributed by atoms with E-state index in [9.17, 15) is 9.59 Å². The van der Waals surface area contributed by atoms with Gasteiger partial charge in [-0.1, -0.05) is 77.0 Å².